The molecule has 1 heterocycles. The summed E-state index contributed by atoms with van der Waals surface area (Å²) in [7, 11) is 1.36. The highest BCUT2D eigenvalue weighted by Crippen LogP contribution is 2.33. The van der Waals surface area contributed by atoms with E-state index in [9.17, 15) is 14.9 Å². The molecule has 0 N–H and O–H groups in total. The maximum Gasteiger partial charge on any atom is 0.312 e. The van der Waals surface area contributed by atoms with Crippen LogP contribution in [0.4, 0.5) is 11.4 Å². The summed E-state index contributed by atoms with van der Waals surface area (Å²) in [4.78, 5) is 23.7. The molecule has 0 spiro atoms. The van der Waals surface area contributed by atoms with Crippen molar-refractivity contribution < 1.29 is 14.5 Å². The Morgan fingerprint density at radius 1 is 1.58 bits per heavy atom. The van der Waals surface area contributed by atoms with Gasteiger partial charge in [0.2, 0.25) is 5.91 Å². The van der Waals surface area contributed by atoms with Crippen LogP contribution in [0.15, 0.2) is 18.2 Å². The number of amides is 1. The zero-order chi connectivity index (χ0) is 14.0. The standard InChI is InChI=1S/C13H12N2O4/c1-3-9-6-13(16)14(8-9)10-4-5-12(19-2)11(7-10)15(17)18/h1,4-5,7,9H,6,8H2,2H3. The molecule has 0 bridgehead atoms. The summed E-state index contributed by atoms with van der Waals surface area (Å²) in [6.07, 6.45) is 5.58. The Bertz CT molecular complexity index is 576. The zero-order valence-electron chi connectivity index (χ0n) is 10.3. The van der Waals surface area contributed by atoms with E-state index in [4.69, 9.17) is 11.2 Å². The Morgan fingerprint density at radius 3 is 2.84 bits per heavy atom. The molecule has 1 aromatic carbocycles. The van der Waals surface area contributed by atoms with Crippen LogP contribution in [0.1, 0.15) is 6.42 Å². The molecular weight excluding hydrogens is 248 g/mol. The van der Waals surface area contributed by atoms with Gasteiger partial charge in [-0.15, -0.1) is 12.3 Å². The molecule has 1 aromatic rings. The fourth-order valence-corrected chi connectivity index (χ4v) is 2.06. The Labute approximate surface area is 110 Å². The Morgan fingerprint density at radius 2 is 2.32 bits per heavy atom. The SMILES string of the molecule is C#CC1CC(=O)N(c2ccc(OC)c([N+](=O)[O-])c2)C1. The first kappa shape index (κ1) is 12.9. The quantitative estimate of drug-likeness (QED) is 0.470. The van der Waals surface area contributed by atoms with E-state index in [-0.39, 0.29) is 29.7 Å². The summed E-state index contributed by atoms with van der Waals surface area (Å²) in [5.41, 5.74) is 0.298. The van der Waals surface area contributed by atoms with Crippen molar-refractivity contribution in [2.45, 2.75) is 6.42 Å². The number of nitrogens with zero attached hydrogens (tertiary/aromatic N) is 2. The van der Waals surface area contributed by atoms with Crippen LogP contribution in [-0.4, -0.2) is 24.5 Å². The molecule has 6 heteroatoms. The normalized spacial score (nSPS) is 18.2. The van der Waals surface area contributed by atoms with Crippen LogP contribution in [0.5, 0.6) is 5.75 Å². The third-order valence-electron chi connectivity index (χ3n) is 3.03. The van der Waals surface area contributed by atoms with Gasteiger partial charge in [-0.2, -0.15) is 0 Å². The highest BCUT2D eigenvalue weighted by molar-refractivity contribution is 5.96. The van der Waals surface area contributed by atoms with Crippen molar-refractivity contribution in [3.05, 3.63) is 28.3 Å². The van der Waals surface area contributed by atoms with Crippen molar-refractivity contribution in [1.82, 2.24) is 0 Å². The lowest BCUT2D eigenvalue weighted by Gasteiger charge is -2.16. The van der Waals surface area contributed by atoms with E-state index in [0.717, 1.165) is 0 Å². The number of hydrogen-bond acceptors (Lipinski definition) is 4. The molecule has 1 aliphatic heterocycles. The fourth-order valence-electron chi connectivity index (χ4n) is 2.06. The van der Waals surface area contributed by atoms with Crippen LogP contribution in [0, 0.1) is 28.4 Å². The number of nitro groups is 1. The minimum absolute atomic E-state index is 0.123. The van der Waals surface area contributed by atoms with Gasteiger partial charge in [-0.05, 0) is 12.1 Å². The van der Waals surface area contributed by atoms with Gasteiger partial charge in [-0.25, -0.2) is 0 Å². The number of benzene rings is 1. The molecule has 1 aliphatic rings. The van der Waals surface area contributed by atoms with Crippen molar-refractivity contribution in [2.24, 2.45) is 5.92 Å². The first-order chi connectivity index (χ1) is 9.06. The molecular formula is C13H12N2O4. The number of carbonyl (C=O) groups is 1. The van der Waals surface area contributed by atoms with E-state index in [1.807, 2.05) is 0 Å². The highest BCUT2D eigenvalue weighted by Gasteiger charge is 2.30. The van der Waals surface area contributed by atoms with Crippen LogP contribution in [-0.2, 0) is 4.79 Å². The predicted molar refractivity (Wildman–Crippen MR) is 68.9 cm³/mol. The van der Waals surface area contributed by atoms with E-state index < -0.39 is 4.92 Å². The van der Waals surface area contributed by atoms with E-state index in [1.54, 1.807) is 6.07 Å². The number of nitro benzene ring substituents is 1. The minimum Gasteiger partial charge on any atom is -0.490 e. The largest absolute Gasteiger partial charge is 0.490 e. The molecule has 0 radical (unpaired) electrons. The molecule has 0 saturated carbocycles. The second kappa shape index (κ2) is 4.98. The number of rotatable bonds is 3. The molecule has 0 aromatic heterocycles. The maximum atomic E-state index is 11.8. The van der Waals surface area contributed by atoms with E-state index in [1.165, 1.54) is 24.1 Å². The molecule has 1 unspecified atom stereocenters. The van der Waals surface area contributed by atoms with Crippen LogP contribution < -0.4 is 9.64 Å². The molecule has 1 atom stereocenters. The van der Waals surface area contributed by atoms with Crippen molar-refractivity contribution in [3.63, 3.8) is 0 Å². The van der Waals surface area contributed by atoms with Crippen molar-refractivity contribution in [2.75, 3.05) is 18.6 Å². The number of hydrogen-bond donors (Lipinski definition) is 0. The Balaban J connectivity index is 2.37. The zero-order valence-corrected chi connectivity index (χ0v) is 10.3. The average molecular weight is 260 g/mol. The summed E-state index contributed by atoms with van der Waals surface area (Å²) in [5.74, 6) is 2.43. The van der Waals surface area contributed by atoms with Gasteiger partial charge in [0, 0.05) is 24.9 Å². The van der Waals surface area contributed by atoms with E-state index in [2.05, 4.69) is 5.92 Å². The molecule has 19 heavy (non-hydrogen) atoms. The molecule has 0 aliphatic carbocycles. The predicted octanol–water partition coefficient (Wildman–Crippen LogP) is 1.59. The monoisotopic (exact) mass is 260 g/mol. The van der Waals surface area contributed by atoms with E-state index >= 15 is 0 Å². The van der Waals surface area contributed by atoms with Crippen LogP contribution >= 0.6 is 0 Å². The first-order valence-corrected chi connectivity index (χ1v) is 5.65. The van der Waals surface area contributed by atoms with Gasteiger partial charge in [0.15, 0.2) is 5.75 Å². The second-order valence-corrected chi connectivity index (χ2v) is 4.19. The van der Waals surface area contributed by atoms with Gasteiger partial charge in [-0.1, -0.05) is 0 Å². The summed E-state index contributed by atoms with van der Waals surface area (Å²) < 4.78 is 4.92. The second-order valence-electron chi connectivity index (χ2n) is 4.19. The lowest BCUT2D eigenvalue weighted by atomic mass is 10.1. The van der Waals surface area contributed by atoms with Crippen molar-refractivity contribution >= 4 is 17.3 Å². The van der Waals surface area contributed by atoms with Crippen molar-refractivity contribution in [1.29, 1.82) is 0 Å². The van der Waals surface area contributed by atoms with Gasteiger partial charge in [0.25, 0.3) is 0 Å². The number of ether oxygens (including phenoxy) is 1. The molecule has 6 nitrogen and oxygen atoms in total. The van der Waals surface area contributed by atoms with Crippen LogP contribution in [0.25, 0.3) is 0 Å². The maximum absolute atomic E-state index is 11.8. The summed E-state index contributed by atoms with van der Waals surface area (Å²) in [5, 5.41) is 10.9. The Hall–Kier alpha value is -2.55. The smallest absolute Gasteiger partial charge is 0.312 e. The molecule has 1 fully saturated rings. The number of methoxy groups -OCH3 is 1. The van der Waals surface area contributed by atoms with Gasteiger partial charge in [-0.3, -0.25) is 14.9 Å². The molecule has 98 valence electrons. The molecule has 1 saturated heterocycles. The highest BCUT2D eigenvalue weighted by atomic mass is 16.6. The Kier molecular flexibility index (Phi) is 3.38. The fraction of sp³-hybridized carbons (Fsp3) is 0.308. The van der Waals surface area contributed by atoms with Gasteiger partial charge >= 0.3 is 5.69 Å². The lowest BCUT2D eigenvalue weighted by molar-refractivity contribution is -0.385. The van der Waals surface area contributed by atoms with Gasteiger partial charge < -0.3 is 9.64 Å². The number of carbonyl (C=O) groups excluding carboxylic acids is 1. The molecule has 2 rings (SSSR count). The van der Waals surface area contributed by atoms with Crippen LogP contribution in [0.3, 0.4) is 0 Å². The van der Waals surface area contributed by atoms with Crippen LogP contribution in [0.2, 0.25) is 0 Å². The topological polar surface area (TPSA) is 72.7 Å². The summed E-state index contributed by atoms with van der Waals surface area (Å²) in [6.45, 7) is 0.388. The van der Waals surface area contributed by atoms with Gasteiger partial charge in [0.05, 0.1) is 17.7 Å². The third kappa shape index (κ3) is 2.36. The third-order valence-corrected chi connectivity index (χ3v) is 3.03. The summed E-state index contributed by atoms with van der Waals surface area (Å²) >= 11 is 0. The van der Waals surface area contributed by atoms with Crippen molar-refractivity contribution in [3.8, 4) is 18.1 Å². The number of terminal acetylenes is 1. The minimum atomic E-state index is -0.540. The van der Waals surface area contributed by atoms with E-state index in [0.29, 0.717) is 12.2 Å². The number of anilines is 1. The summed E-state index contributed by atoms with van der Waals surface area (Å²) in [6, 6.07) is 4.42. The average Bonchev–Trinajstić information content (AvgIpc) is 2.79. The van der Waals surface area contributed by atoms with Gasteiger partial charge in [0.1, 0.15) is 0 Å². The lowest BCUT2D eigenvalue weighted by Crippen LogP contribution is -2.24. The first-order valence-electron chi connectivity index (χ1n) is 5.65. The molecule has 1 amide bonds.